The van der Waals surface area contributed by atoms with Gasteiger partial charge in [0.2, 0.25) is 5.91 Å². The molecule has 37 heavy (non-hydrogen) atoms. The smallest absolute Gasteiger partial charge is 0.261 e. The van der Waals surface area contributed by atoms with E-state index in [1.165, 1.54) is 0 Å². The number of halogens is 1. The Hall–Kier alpha value is -3.31. The molecule has 0 aliphatic rings. The fourth-order valence-corrected chi connectivity index (χ4v) is 4.33. The van der Waals surface area contributed by atoms with Gasteiger partial charge in [0.05, 0.1) is 0 Å². The van der Waals surface area contributed by atoms with Crippen LogP contribution in [0.3, 0.4) is 0 Å². The second-order valence-electron chi connectivity index (χ2n) is 9.69. The Morgan fingerprint density at radius 1 is 0.946 bits per heavy atom. The van der Waals surface area contributed by atoms with Crippen LogP contribution in [0.1, 0.15) is 48.1 Å². The van der Waals surface area contributed by atoms with Gasteiger partial charge in [0.1, 0.15) is 11.8 Å². The van der Waals surface area contributed by atoms with E-state index in [2.05, 4.69) is 5.32 Å². The first-order valence-corrected chi connectivity index (χ1v) is 13.1. The van der Waals surface area contributed by atoms with Crippen LogP contribution < -0.4 is 10.1 Å². The molecule has 3 aromatic carbocycles. The topological polar surface area (TPSA) is 58.6 Å². The van der Waals surface area contributed by atoms with E-state index in [0.717, 1.165) is 34.2 Å². The summed E-state index contributed by atoms with van der Waals surface area (Å²) in [4.78, 5) is 28.9. The largest absolute Gasteiger partial charge is 0.484 e. The third kappa shape index (κ3) is 8.09. The summed E-state index contributed by atoms with van der Waals surface area (Å²) < 4.78 is 5.93. The summed E-state index contributed by atoms with van der Waals surface area (Å²) in [5.74, 6) is 0.149. The molecule has 2 atom stereocenters. The first kappa shape index (κ1) is 28.3. The van der Waals surface area contributed by atoms with Gasteiger partial charge in [-0.2, -0.15) is 0 Å². The number of hydrogen-bond acceptors (Lipinski definition) is 3. The van der Waals surface area contributed by atoms with Gasteiger partial charge in [-0.25, -0.2) is 0 Å². The monoisotopic (exact) mass is 520 g/mol. The SMILES string of the molecule is CCC(C)NC(=O)C(Cc1ccccc1)N(Cc1cccc(C)c1)C(=O)COc1cc(C)c(Cl)c(C)c1. The van der Waals surface area contributed by atoms with Crippen LogP contribution in [0.2, 0.25) is 5.02 Å². The van der Waals surface area contributed by atoms with E-state index in [1.54, 1.807) is 4.90 Å². The number of carbonyl (C=O) groups excluding carboxylic acids is 2. The van der Waals surface area contributed by atoms with Crippen molar-refractivity contribution in [2.75, 3.05) is 6.61 Å². The summed E-state index contributed by atoms with van der Waals surface area (Å²) in [6.45, 7) is 9.94. The molecule has 2 unspecified atom stereocenters. The lowest BCUT2D eigenvalue weighted by molar-refractivity contribution is -0.143. The highest BCUT2D eigenvalue weighted by molar-refractivity contribution is 6.32. The molecule has 0 radical (unpaired) electrons. The van der Waals surface area contributed by atoms with Gasteiger partial charge in [-0.15, -0.1) is 0 Å². The van der Waals surface area contributed by atoms with Crippen molar-refractivity contribution in [3.63, 3.8) is 0 Å². The van der Waals surface area contributed by atoms with Gasteiger partial charge in [0, 0.05) is 24.0 Å². The summed E-state index contributed by atoms with van der Waals surface area (Å²) in [7, 11) is 0. The zero-order valence-electron chi connectivity index (χ0n) is 22.4. The number of aryl methyl sites for hydroxylation is 3. The second-order valence-corrected chi connectivity index (χ2v) is 10.1. The normalized spacial score (nSPS) is 12.5. The Labute approximate surface area is 225 Å². The van der Waals surface area contributed by atoms with E-state index >= 15 is 0 Å². The highest BCUT2D eigenvalue weighted by Crippen LogP contribution is 2.26. The maximum atomic E-state index is 13.7. The molecule has 0 bridgehead atoms. The quantitative estimate of drug-likeness (QED) is 0.327. The molecule has 0 spiro atoms. The average molecular weight is 521 g/mol. The zero-order chi connectivity index (χ0) is 26.9. The number of amides is 2. The molecule has 6 heteroatoms. The number of carbonyl (C=O) groups is 2. The molecule has 0 heterocycles. The first-order chi connectivity index (χ1) is 17.7. The molecule has 0 aliphatic carbocycles. The van der Waals surface area contributed by atoms with Gasteiger partial charge in [0.25, 0.3) is 5.91 Å². The molecule has 0 saturated heterocycles. The highest BCUT2D eigenvalue weighted by Gasteiger charge is 2.31. The molecule has 3 rings (SSSR count). The van der Waals surface area contributed by atoms with Crippen LogP contribution in [0, 0.1) is 20.8 Å². The van der Waals surface area contributed by atoms with E-state index in [0.29, 0.717) is 23.7 Å². The fourth-order valence-electron chi connectivity index (χ4n) is 4.22. The Kier molecular flexibility index (Phi) is 10.2. The summed E-state index contributed by atoms with van der Waals surface area (Å²) in [5.41, 5.74) is 4.81. The zero-order valence-corrected chi connectivity index (χ0v) is 23.1. The van der Waals surface area contributed by atoms with Gasteiger partial charge in [-0.3, -0.25) is 9.59 Å². The molecule has 3 aromatic rings. The minimum Gasteiger partial charge on any atom is -0.484 e. The van der Waals surface area contributed by atoms with Gasteiger partial charge >= 0.3 is 0 Å². The molecule has 0 aromatic heterocycles. The Bertz CT molecular complexity index is 1190. The first-order valence-electron chi connectivity index (χ1n) is 12.8. The van der Waals surface area contributed by atoms with Crippen molar-refractivity contribution in [1.82, 2.24) is 10.2 Å². The molecule has 0 fully saturated rings. The van der Waals surface area contributed by atoms with E-state index in [4.69, 9.17) is 16.3 Å². The average Bonchev–Trinajstić information content (AvgIpc) is 2.88. The van der Waals surface area contributed by atoms with E-state index in [9.17, 15) is 9.59 Å². The summed E-state index contributed by atoms with van der Waals surface area (Å²) >= 11 is 6.30. The Morgan fingerprint density at radius 3 is 2.22 bits per heavy atom. The van der Waals surface area contributed by atoms with Crippen molar-refractivity contribution in [2.45, 2.75) is 66.1 Å². The van der Waals surface area contributed by atoms with Crippen molar-refractivity contribution >= 4 is 23.4 Å². The number of nitrogens with one attached hydrogen (secondary N) is 1. The van der Waals surface area contributed by atoms with Crippen LogP contribution in [0.15, 0.2) is 66.7 Å². The molecule has 2 amide bonds. The number of rotatable bonds is 11. The lowest BCUT2D eigenvalue weighted by Gasteiger charge is -2.32. The summed E-state index contributed by atoms with van der Waals surface area (Å²) in [6.07, 6.45) is 1.20. The van der Waals surface area contributed by atoms with Crippen LogP contribution in [-0.4, -0.2) is 35.4 Å². The van der Waals surface area contributed by atoms with Crippen molar-refractivity contribution in [1.29, 1.82) is 0 Å². The highest BCUT2D eigenvalue weighted by atomic mass is 35.5. The van der Waals surface area contributed by atoms with E-state index in [-0.39, 0.29) is 24.5 Å². The van der Waals surface area contributed by atoms with Crippen molar-refractivity contribution < 1.29 is 14.3 Å². The predicted molar refractivity (Wildman–Crippen MR) is 150 cm³/mol. The molecular weight excluding hydrogens is 484 g/mol. The van der Waals surface area contributed by atoms with Gasteiger partial charge in [-0.1, -0.05) is 78.7 Å². The Morgan fingerprint density at radius 2 is 1.59 bits per heavy atom. The standard InChI is InChI=1S/C31H37ClN2O3/c1-6-24(5)33-31(36)28(18-25-12-8-7-9-13-25)34(19-26-14-10-11-21(2)15-26)29(35)20-37-27-16-22(3)30(32)23(4)17-27/h7-17,24,28H,6,18-20H2,1-5H3,(H,33,36). The van der Waals surface area contributed by atoms with Gasteiger partial charge < -0.3 is 15.0 Å². The second kappa shape index (κ2) is 13.3. The van der Waals surface area contributed by atoms with Crippen molar-refractivity contribution in [3.05, 3.63) is 99.6 Å². The third-order valence-corrected chi connectivity index (χ3v) is 7.08. The third-order valence-electron chi connectivity index (χ3n) is 6.48. The van der Waals surface area contributed by atoms with Crippen molar-refractivity contribution in [3.8, 4) is 5.75 Å². The molecule has 196 valence electrons. The van der Waals surface area contributed by atoms with E-state index in [1.807, 2.05) is 101 Å². The van der Waals surface area contributed by atoms with Crippen LogP contribution in [0.4, 0.5) is 0 Å². The lowest BCUT2D eigenvalue weighted by Crippen LogP contribution is -2.53. The van der Waals surface area contributed by atoms with Crippen LogP contribution in [0.5, 0.6) is 5.75 Å². The van der Waals surface area contributed by atoms with Crippen LogP contribution in [0.25, 0.3) is 0 Å². The molecular formula is C31H37ClN2O3. The fraction of sp³-hybridized carbons (Fsp3) is 0.355. The Balaban J connectivity index is 1.93. The van der Waals surface area contributed by atoms with Gasteiger partial charge in [0.15, 0.2) is 6.61 Å². The minimum atomic E-state index is -0.693. The van der Waals surface area contributed by atoms with Gasteiger partial charge in [-0.05, 0) is 68.5 Å². The lowest BCUT2D eigenvalue weighted by atomic mass is 10.0. The predicted octanol–water partition coefficient (Wildman–Crippen LogP) is 6.20. The molecule has 5 nitrogen and oxygen atoms in total. The number of nitrogens with zero attached hydrogens (tertiary/aromatic N) is 1. The summed E-state index contributed by atoms with van der Waals surface area (Å²) in [5, 5.41) is 3.77. The van der Waals surface area contributed by atoms with E-state index < -0.39 is 6.04 Å². The molecule has 1 N–H and O–H groups in total. The molecule has 0 aliphatic heterocycles. The van der Waals surface area contributed by atoms with Crippen LogP contribution in [-0.2, 0) is 22.6 Å². The van der Waals surface area contributed by atoms with Crippen molar-refractivity contribution in [2.24, 2.45) is 0 Å². The number of ether oxygens (including phenoxy) is 1. The minimum absolute atomic E-state index is 0.00189. The maximum absolute atomic E-state index is 13.7. The number of benzene rings is 3. The summed E-state index contributed by atoms with van der Waals surface area (Å²) in [6, 6.07) is 20.7. The molecule has 0 saturated carbocycles. The maximum Gasteiger partial charge on any atom is 0.261 e. The number of hydrogen-bond donors (Lipinski definition) is 1. The van der Waals surface area contributed by atoms with Crippen LogP contribution >= 0.6 is 11.6 Å².